The number of amides is 1. The first kappa shape index (κ1) is 20.6. The second-order valence-electron chi connectivity index (χ2n) is 6.80. The maximum Gasteiger partial charge on any atom is 0.410 e. The summed E-state index contributed by atoms with van der Waals surface area (Å²) in [6.07, 6.45) is -0.602. The van der Waals surface area contributed by atoms with E-state index in [9.17, 15) is 14.4 Å². The van der Waals surface area contributed by atoms with Crippen molar-refractivity contribution in [3.8, 4) is 0 Å². The van der Waals surface area contributed by atoms with Crippen molar-refractivity contribution in [2.24, 2.45) is 5.92 Å². The van der Waals surface area contributed by atoms with Crippen molar-refractivity contribution in [3.63, 3.8) is 0 Å². The standard InChI is InChI=1S/C23H25NO5/c1-3-28-22(26)18-15-24(23(27)29-4-2)20(21(18)25)19(16-11-7-5-8-12-16)17-13-9-6-10-14-17/h5-14,18-20H,3-4,15H2,1-2H3. The Bertz CT molecular complexity index is 813. The molecule has 0 aliphatic carbocycles. The molecule has 1 fully saturated rings. The number of likely N-dealkylation sites (tertiary alicyclic amines) is 1. The number of nitrogens with zero attached hydrogens (tertiary/aromatic N) is 1. The van der Waals surface area contributed by atoms with Crippen molar-refractivity contribution in [3.05, 3.63) is 71.8 Å². The molecule has 1 amide bonds. The summed E-state index contributed by atoms with van der Waals surface area (Å²) >= 11 is 0. The van der Waals surface area contributed by atoms with Gasteiger partial charge in [-0.2, -0.15) is 0 Å². The van der Waals surface area contributed by atoms with Crippen LogP contribution < -0.4 is 0 Å². The summed E-state index contributed by atoms with van der Waals surface area (Å²) in [6.45, 7) is 3.71. The normalized spacial score (nSPS) is 18.7. The van der Waals surface area contributed by atoms with Gasteiger partial charge in [0.25, 0.3) is 0 Å². The Balaban J connectivity index is 2.08. The fourth-order valence-electron chi connectivity index (χ4n) is 3.81. The smallest absolute Gasteiger partial charge is 0.410 e. The van der Waals surface area contributed by atoms with Crippen LogP contribution in [-0.4, -0.2) is 48.5 Å². The molecular weight excluding hydrogens is 370 g/mol. The Morgan fingerprint density at radius 2 is 1.45 bits per heavy atom. The number of ether oxygens (including phenoxy) is 2. The van der Waals surface area contributed by atoms with Crippen LogP contribution in [0.5, 0.6) is 0 Å². The van der Waals surface area contributed by atoms with Crippen LogP contribution in [0.1, 0.15) is 30.9 Å². The molecule has 6 heteroatoms. The van der Waals surface area contributed by atoms with E-state index in [4.69, 9.17) is 9.47 Å². The minimum atomic E-state index is -1.01. The molecule has 2 unspecified atom stereocenters. The van der Waals surface area contributed by atoms with Gasteiger partial charge >= 0.3 is 12.1 Å². The number of benzene rings is 2. The van der Waals surface area contributed by atoms with Crippen LogP contribution in [0, 0.1) is 5.92 Å². The third kappa shape index (κ3) is 4.31. The topological polar surface area (TPSA) is 72.9 Å². The van der Waals surface area contributed by atoms with Gasteiger partial charge in [-0.25, -0.2) is 4.79 Å². The Morgan fingerprint density at radius 1 is 0.931 bits per heavy atom. The van der Waals surface area contributed by atoms with Gasteiger partial charge in [0, 0.05) is 12.5 Å². The highest BCUT2D eigenvalue weighted by Crippen LogP contribution is 2.37. The quantitative estimate of drug-likeness (QED) is 0.554. The Kier molecular flexibility index (Phi) is 6.65. The lowest BCUT2D eigenvalue weighted by atomic mass is 9.82. The van der Waals surface area contributed by atoms with Gasteiger partial charge in [-0.15, -0.1) is 0 Å². The molecule has 2 aromatic rings. The van der Waals surface area contributed by atoms with Gasteiger partial charge in [-0.05, 0) is 25.0 Å². The molecule has 1 saturated heterocycles. The molecule has 1 heterocycles. The summed E-state index contributed by atoms with van der Waals surface area (Å²) in [7, 11) is 0. The molecule has 0 N–H and O–H groups in total. The molecule has 29 heavy (non-hydrogen) atoms. The van der Waals surface area contributed by atoms with E-state index in [2.05, 4.69) is 0 Å². The first-order valence-corrected chi connectivity index (χ1v) is 9.82. The average molecular weight is 395 g/mol. The van der Waals surface area contributed by atoms with Crippen LogP contribution >= 0.6 is 0 Å². The predicted octanol–water partition coefficient (Wildman–Crippen LogP) is 3.41. The lowest BCUT2D eigenvalue weighted by Crippen LogP contribution is -2.43. The highest BCUT2D eigenvalue weighted by atomic mass is 16.6. The maximum atomic E-state index is 13.4. The number of hydrogen-bond acceptors (Lipinski definition) is 5. The van der Waals surface area contributed by atoms with E-state index in [0.29, 0.717) is 0 Å². The zero-order valence-corrected chi connectivity index (χ0v) is 16.6. The molecule has 0 radical (unpaired) electrons. The molecule has 2 atom stereocenters. The van der Waals surface area contributed by atoms with Crippen molar-refractivity contribution in [1.82, 2.24) is 4.90 Å². The summed E-state index contributed by atoms with van der Waals surface area (Å²) in [4.78, 5) is 39.8. The van der Waals surface area contributed by atoms with Crippen molar-refractivity contribution >= 4 is 17.8 Å². The summed E-state index contributed by atoms with van der Waals surface area (Å²) in [5.41, 5.74) is 1.77. The molecule has 2 aromatic carbocycles. The van der Waals surface area contributed by atoms with E-state index < -0.39 is 29.9 Å². The molecule has 3 rings (SSSR count). The minimum Gasteiger partial charge on any atom is -0.465 e. The Labute approximate surface area is 170 Å². The number of rotatable bonds is 6. The van der Waals surface area contributed by atoms with Gasteiger partial charge in [0.2, 0.25) is 0 Å². The second kappa shape index (κ2) is 9.37. The number of carbonyl (C=O) groups is 3. The number of hydrogen-bond donors (Lipinski definition) is 0. The van der Waals surface area contributed by atoms with Crippen LogP contribution in [0.25, 0.3) is 0 Å². The SMILES string of the molecule is CCOC(=O)C1CN(C(=O)OCC)C(C(c2ccccc2)c2ccccc2)C1=O. The van der Waals surface area contributed by atoms with Crippen LogP contribution in [-0.2, 0) is 19.1 Å². The molecule has 1 aliphatic rings. The largest absolute Gasteiger partial charge is 0.465 e. The van der Waals surface area contributed by atoms with Crippen molar-refractivity contribution in [2.45, 2.75) is 25.8 Å². The summed E-state index contributed by atoms with van der Waals surface area (Å²) in [6, 6.07) is 18.2. The Hall–Kier alpha value is -3.15. The Morgan fingerprint density at radius 3 is 1.93 bits per heavy atom. The molecule has 0 spiro atoms. The van der Waals surface area contributed by atoms with Gasteiger partial charge in [0.15, 0.2) is 5.78 Å². The van der Waals surface area contributed by atoms with Crippen LogP contribution in [0.15, 0.2) is 60.7 Å². The molecule has 0 saturated carbocycles. The molecular formula is C23H25NO5. The van der Waals surface area contributed by atoms with Gasteiger partial charge in [0.05, 0.1) is 13.2 Å². The van der Waals surface area contributed by atoms with Crippen LogP contribution in [0.2, 0.25) is 0 Å². The van der Waals surface area contributed by atoms with E-state index in [0.717, 1.165) is 11.1 Å². The number of esters is 1. The van der Waals surface area contributed by atoms with Crippen LogP contribution in [0.4, 0.5) is 4.79 Å². The molecule has 1 aliphatic heterocycles. The minimum absolute atomic E-state index is 0.0443. The number of Topliss-reactive ketones (excluding diaryl/α,β-unsaturated/α-hetero) is 1. The third-order valence-electron chi connectivity index (χ3n) is 5.06. The highest BCUT2D eigenvalue weighted by Gasteiger charge is 2.51. The molecule has 0 aromatic heterocycles. The summed E-state index contributed by atoms with van der Waals surface area (Å²) < 4.78 is 10.3. The number of carbonyl (C=O) groups excluding carboxylic acids is 3. The fraction of sp³-hybridized carbons (Fsp3) is 0.348. The first-order chi connectivity index (χ1) is 14.1. The first-order valence-electron chi connectivity index (χ1n) is 9.82. The highest BCUT2D eigenvalue weighted by molar-refractivity contribution is 6.06. The summed E-state index contributed by atoms with van der Waals surface area (Å²) in [5, 5.41) is 0. The zero-order chi connectivity index (χ0) is 20.8. The lowest BCUT2D eigenvalue weighted by molar-refractivity contribution is -0.150. The van der Waals surface area contributed by atoms with Crippen molar-refractivity contribution in [1.29, 1.82) is 0 Å². The van der Waals surface area contributed by atoms with Gasteiger partial charge < -0.3 is 9.47 Å². The monoisotopic (exact) mass is 395 g/mol. The molecule has 6 nitrogen and oxygen atoms in total. The van der Waals surface area contributed by atoms with E-state index in [1.807, 2.05) is 60.7 Å². The fourth-order valence-corrected chi connectivity index (χ4v) is 3.81. The van der Waals surface area contributed by atoms with E-state index in [1.54, 1.807) is 13.8 Å². The predicted molar refractivity (Wildman–Crippen MR) is 107 cm³/mol. The van der Waals surface area contributed by atoms with Crippen molar-refractivity contribution in [2.75, 3.05) is 19.8 Å². The zero-order valence-electron chi connectivity index (χ0n) is 16.6. The van der Waals surface area contributed by atoms with Gasteiger partial charge in [-0.1, -0.05) is 60.7 Å². The second-order valence-corrected chi connectivity index (χ2v) is 6.80. The third-order valence-corrected chi connectivity index (χ3v) is 5.06. The van der Waals surface area contributed by atoms with E-state index in [1.165, 1.54) is 4.90 Å². The molecule has 152 valence electrons. The number of ketones is 1. The van der Waals surface area contributed by atoms with Crippen molar-refractivity contribution < 1.29 is 23.9 Å². The lowest BCUT2D eigenvalue weighted by Gasteiger charge is -2.30. The average Bonchev–Trinajstić information content (AvgIpc) is 3.08. The maximum absolute atomic E-state index is 13.4. The van der Waals surface area contributed by atoms with Gasteiger partial charge in [-0.3, -0.25) is 14.5 Å². The van der Waals surface area contributed by atoms with E-state index >= 15 is 0 Å². The van der Waals surface area contributed by atoms with E-state index in [-0.39, 0.29) is 25.5 Å². The molecule has 0 bridgehead atoms. The van der Waals surface area contributed by atoms with Gasteiger partial charge in [0.1, 0.15) is 12.0 Å². The summed E-state index contributed by atoms with van der Waals surface area (Å²) in [5.74, 6) is -2.36. The van der Waals surface area contributed by atoms with Crippen LogP contribution in [0.3, 0.4) is 0 Å².